The van der Waals surface area contributed by atoms with Crippen molar-refractivity contribution in [2.75, 3.05) is 6.61 Å². The molecule has 2 N–H and O–H groups in total. The van der Waals surface area contributed by atoms with E-state index in [-0.39, 0.29) is 5.54 Å². The first kappa shape index (κ1) is 13.2. The van der Waals surface area contributed by atoms with Gasteiger partial charge in [-0.2, -0.15) is 4.98 Å². The number of hydrogen-bond acceptors (Lipinski definition) is 5. The van der Waals surface area contributed by atoms with Crippen LogP contribution in [0, 0.1) is 13.8 Å². The minimum atomic E-state index is -0.224. The van der Waals surface area contributed by atoms with Gasteiger partial charge in [0, 0.05) is 0 Å². The van der Waals surface area contributed by atoms with Gasteiger partial charge >= 0.3 is 6.01 Å². The number of aryl methyl sites for hydroxylation is 2. The lowest BCUT2D eigenvalue weighted by Gasteiger charge is -2.27. The van der Waals surface area contributed by atoms with Gasteiger partial charge in [-0.15, -0.1) is 5.10 Å². The molecular weight excluding hydrogens is 228 g/mol. The number of ether oxygens (including phenoxy) is 1. The normalized spacial score (nSPS) is 19.3. The van der Waals surface area contributed by atoms with Crippen LogP contribution < -0.4 is 10.5 Å². The third-order valence-corrected chi connectivity index (χ3v) is 3.66. The van der Waals surface area contributed by atoms with Crippen LogP contribution in [0.3, 0.4) is 0 Å². The fourth-order valence-corrected chi connectivity index (χ4v) is 2.28. The Hall–Kier alpha value is -1.23. The summed E-state index contributed by atoms with van der Waals surface area (Å²) in [5, 5.41) is 7.94. The van der Waals surface area contributed by atoms with Gasteiger partial charge in [-0.05, 0) is 26.7 Å². The summed E-state index contributed by atoms with van der Waals surface area (Å²) in [5.74, 6) is 0. The predicted octanol–water partition coefficient (Wildman–Crippen LogP) is 1.92. The molecular formula is C13H22N4O. The Bertz CT molecular complexity index is 400. The highest BCUT2D eigenvalue weighted by molar-refractivity contribution is 5.07. The number of rotatable bonds is 3. The first-order chi connectivity index (χ1) is 8.59. The van der Waals surface area contributed by atoms with E-state index in [1.54, 1.807) is 0 Å². The second-order valence-corrected chi connectivity index (χ2v) is 5.33. The molecule has 1 aliphatic carbocycles. The summed E-state index contributed by atoms with van der Waals surface area (Å²) in [6, 6.07) is 0.340. The van der Waals surface area contributed by atoms with Crippen LogP contribution in [0.4, 0.5) is 0 Å². The van der Waals surface area contributed by atoms with E-state index in [0.29, 0.717) is 12.6 Å². The fourth-order valence-electron chi connectivity index (χ4n) is 2.28. The highest BCUT2D eigenvalue weighted by atomic mass is 16.5. The van der Waals surface area contributed by atoms with Crippen LogP contribution in [0.15, 0.2) is 0 Å². The molecule has 5 nitrogen and oxygen atoms in total. The average Bonchev–Trinajstić information content (AvgIpc) is 2.56. The van der Waals surface area contributed by atoms with Crippen LogP contribution in [-0.4, -0.2) is 27.3 Å². The first-order valence-corrected chi connectivity index (χ1v) is 6.69. The summed E-state index contributed by atoms with van der Waals surface area (Å²) in [7, 11) is 0. The highest BCUT2D eigenvalue weighted by Gasteiger charge is 2.27. The molecule has 1 aromatic rings. The molecule has 0 unspecified atom stereocenters. The van der Waals surface area contributed by atoms with Gasteiger partial charge in [-0.25, -0.2) is 0 Å². The van der Waals surface area contributed by atoms with Gasteiger partial charge in [0.15, 0.2) is 0 Å². The second kappa shape index (κ2) is 5.61. The summed E-state index contributed by atoms with van der Waals surface area (Å²) in [6.07, 6.45) is 6.97. The highest BCUT2D eigenvalue weighted by Crippen LogP contribution is 2.25. The Morgan fingerprint density at radius 1 is 1.06 bits per heavy atom. The van der Waals surface area contributed by atoms with Crippen molar-refractivity contribution in [2.45, 2.75) is 57.9 Å². The van der Waals surface area contributed by atoms with Crippen LogP contribution in [-0.2, 0) is 0 Å². The topological polar surface area (TPSA) is 73.9 Å². The minimum absolute atomic E-state index is 0.224. The van der Waals surface area contributed by atoms with Gasteiger partial charge in [-0.3, -0.25) is 0 Å². The Morgan fingerprint density at radius 2 is 1.72 bits per heavy atom. The van der Waals surface area contributed by atoms with Crippen LogP contribution in [0.5, 0.6) is 6.01 Å². The standard InChI is InChI=1S/C13H22N4O/c1-10-11(2)16-17-12(15-10)18-9-13(14)7-5-3-4-6-8-13/h3-9,14H2,1-2H3. The number of aromatic nitrogens is 3. The maximum Gasteiger partial charge on any atom is 0.335 e. The monoisotopic (exact) mass is 250 g/mol. The molecule has 0 radical (unpaired) electrons. The summed E-state index contributed by atoms with van der Waals surface area (Å²) in [6.45, 7) is 4.27. The predicted molar refractivity (Wildman–Crippen MR) is 69.4 cm³/mol. The van der Waals surface area contributed by atoms with Gasteiger partial charge in [-0.1, -0.05) is 30.8 Å². The zero-order valence-corrected chi connectivity index (χ0v) is 11.3. The van der Waals surface area contributed by atoms with E-state index in [0.717, 1.165) is 24.2 Å². The molecule has 0 amide bonds. The Morgan fingerprint density at radius 3 is 2.33 bits per heavy atom. The lowest BCUT2D eigenvalue weighted by molar-refractivity contribution is 0.184. The van der Waals surface area contributed by atoms with E-state index in [1.165, 1.54) is 25.7 Å². The largest absolute Gasteiger partial charge is 0.460 e. The molecule has 5 heteroatoms. The summed E-state index contributed by atoms with van der Waals surface area (Å²) in [4.78, 5) is 4.26. The van der Waals surface area contributed by atoms with E-state index in [4.69, 9.17) is 10.5 Å². The Labute approximate surface area is 108 Å². The van der Waals surface area contributed by atoms with Crippen molar-refractivity contribution in [3.05, 3.63) is 11.4 Å². The van der Waals surface area contributed by atoms with Gasteiger partial charge in [0.1, 0.15) is 6.61 Å². The molecule has 100 valence electrons. The fraction of sp³-hybridized carbons (Fsp3) is 0.769. The zero-order valence-electron chi connectivity index (χ0n) is 11.3. The summed E-state index contributed by atoms with van der Waals surface area (Å²) in [5.41, 5.74) is 7.84. The van der Waals surface area contributed by atoms with Gasteiger partial charge in [0.05, 0.1) is 16.9 Å². The molecule has 0 aliphatic heterocycles. The van der Waals surface area contributed by atoms with Crippen molar-refractivity contribution in [3.63, 3.8) is 0 Å². The first-order valence-electron chi connectivity index (χ1n) is 6.69. The van der Waals surface area contributed by atoms with E-state index < -0.39 is 0 Å². The van der Waals surface area contributed by atoms with Crippen LogP contribution in [0.1, 0.15) is 49.9 Å². The quantitative estimate of drug-likeness (QED) is 0.830. The zero-order chi connectivity index (χ0) is 13.0. The van der Waals surface area contributed by atoms with Crippen molar-refractivity contribution in [3.8, 4) is 6.01 Å². The van der Waals surface area contributed by atoms with Gasteiger partial charge in [0.25, 0.3) is 0 Å². The smallest absolute Gasteiger partial charge is 0.335 e. The van der Waals surface area contributed by atoms with Crippen LogP contribution in [0.25, 0.3) is 0 Å². The van der Waals surface area contributed by atoms with E-state index >= 15 is 0 Å². The maximum absolute atomic E-state index is 6.37. The molecule has 1 saturated carbocycles. The lowest BCUT2D eigenvalue weighted by atomic mass is 9.93. The van der Waals surface area contributed by atoms with Gasteiger partial charge in [0.2, 0.25) is 0 Å². The summed E-state index contributed by atoms with van der Waals surface area (Å²) < 4.78 is 5.63. The minimum Gasteiger partial charge on any atom is -0.460 e. The molecule has 1 heterocycles. The molecule has 0 spiro atoms. The van der Waals surface area contributed by atoms with Crippen molar-refractivity contribution in [1.29, 1.82) is 0 Å². The van der Waals surface area contributed by atoms with E-state index in [1.807, 2.05) is 13.8 Å². The molecule has 18 heavy (non-hydrogen) atoms. The van der Waals surface area contributed by atoms with Crippen molar-refractivity contribution >= 4 is 0 Å². The van der Waals surface area contributed by atoms with E-state index in [9.17, 15) is 0 Å². The van der Waals surface area contributed by atoms with E-state index in [2.05, 4.69) is 15.2 Å². The molecule has 2 rings (SSSR count). The number of hydrogen-bond donors (Lipinski definition) is 1. The molecule has 1 fully saturated rings. The van der Waals surface area contributed by atoms with Crippen LogP contribution in [0.2, 0.25) is 0 Å². The van der Waals surface area contributed by atoms with Crippen molar-refractivity contribution < 1.29 is 4.74 Å². The molecule has 0 saturated heterocycles. The summed E-state index contributed by atoms with van der Waals surface area (Å²) >= 11 is 0. The molecule has 0 bridgehead atoms. The Kier molecular flexibility index (Phi) is 4.11. The SMILES string of the molecule is Cc1nnc(OCC2(N)CCCCCC2)nc1C. The maximum atomic E-state index is 6.37. The molecule has 1 aliphatic rings. The molecule has 0 atom stereocenters. The van der Waals surface area contributed by atoms with Crippen molar-refractivity contribution in [2.24, 2.45) is 5.73 Å². The van der Waals surface area contributed by atoms with Crippen LogP contribution >= 0.6 is 0 Å². The average molecular weight is 250 g/mol. The number of nitrogens with two attached hydrogens (primary N) is 1. The van der Waals surface area contributed by atoms with Gasteiger partial charge < -0.3 is 10.5 Å². The number of nitrogens with zero attached hydrogens (tertiary/aromatic N) is 3. The Balaban J connectivity index is 1.95. The molecule has 0 aromatic carbocycles. The lowest BCUT2D eigenvalue weighted by Crippen LogP contribution is -2.45. The third kappa shape index (κ3) is 3.38. The van der Waals surface area contributed by atoms with Crippen molar-refractivity contribution in [1.82, 2.24) is 15.2 Å². The second-order valence-electron chi connectivity index (χ2n) is 5.33. The molecule has 1 aromatic heterocycles. The third-order valence-electron chi connectivity index (χ3n) is 3.66.